The molecule has 0 bridgehead atoms. The largest absolute Gasteiger partial charge is 4.00 e. The van der Waals surface area contributed by atoms with Gasteiger partial charge in [0, 0.05) is 4.88 Å². The Labute approximate surface area is 136 Å². The van der Waals surface area contributed by atoms with E-state index in [1.807, 2.05) is 11.3 Å². The van der Waals surface area contributed by atoms with Gasteiger partial charge in [-0.25, -0.2) is 0 Å². The van der Waals surface area contributed by atoms with Crippen LogP contribution in [0.3, 0.4) is 0 Å². The summed E-state index contributed by atoms with van der Waals surface area (Å²) in [5.74, 6) is 0.722. The molecule has 6 heteroatoms. The van der Waals surface area contributed by atoms with E-state index in [0.717, 1.165) is 5.92 Å². The number of rotatable bonds is 5. The topological polar surface area (TPSA) is 63.0 Å². The Morgan fingerprint density at radius 1 is 1.12 bits per heavy atom. The van der Waals surface area contributed by atoms with E-state index in [9.17, 15) is 0 Å². The molecule has 0 fully saturated rings. The zero-order valence-electron chi connectivity index (χ0n) is 10.0. The van der Waals surface area contributed by atoms with Crippen molar-refractivity contribution in [3.8, 4) is 0 Å². The number of thiophene rings is 1. The van der Waals surface area contributed by atoms with Crippen molar-refractivity contribution < 1.29 is 57.5 Å². The van der Waals surface area contributed by atoms with E-state index in [2.05, 4.69) is 44.2 Å². The third kappa shape index (κ3) is 11.7. The monoisotopic (exact) mass is 334 g/mol. The van der Waals surface area contributed by atoms with Gasteiger partial charge in [0.25, 0.3) is 0 Å². The molecule has 0 radical (unpaired) electrons. The smallest absolute Gasteiger partial charge is 1.00 e. The first-order chi connectivity index (χ1) is 5.88. The van der Waals surface area contributed by atoms with E-state index in [0.29, 0.717) is 0 Å². The first kappa shape index (κ1) is 30.7. The van der Waals surface area contributed by atoms with Crippen LogP contribution in [0.15, 0.2) is 17.5 Å². The second-order valence-corrected chi connectivity index (χ2v) is 3.98. The summed E-state index contributed by atoms with van der Waals surface area (Å²) in [4.78, 5) is 1.52. The van der Waals surface area contributed by atoms with E-state index < -0.39 is 0 Å². The van der Waals surface area contributed by atoms with Crippen molar-refractivity contribution in [2.45, 2.75) is 32.6 Å². The van der Waals surface area contributed by atoms with Crippen molar-refractivity contribution in [1.82, 2.24) is 0 Å². The van der Waals surface area contributed by atoms with E-state index >= 15 is 0 Å². The van der Waals surface area contributed by atoms with Gasteiger partial charge in [0.15, 0.2) is 0 Å². The van der Waals surface area contributed by atoms with Gasteiger partial charge in [-0.3, -0.25) is 0 Å². The molecule has 0 aliphatic carbocycles. The molecule has 0 unspecified atom stereocenters. The maximum absolute atomic E-state index is 2.26. The molecule has 0 amide bonds. The SMILES string of the molecule is C[CH-]CC(C[CH-]C)c1cccs1.O.O.[Cl-].[Cl-].[Ti+4]. The number of hydrogen-bond acceptors (Lipinski definition) is 1. The van der Waals surface area contributed by atoms with Crippen molar-refractivity contribution in [3.05, 3.63) is 35.2 Å². The summed E-state index contributed by atoms with van der Waals surface area (Å²) in [6.07, 6.45) is 6.91. The Bertz CT molecular complexity index is 205. The first-order valence-electron chi connectivity index (χ1n) is 4.47. The quantitative estimate of drug-likeness (QED) is 0.395. The molecule has 0 atom stereocenters. The molecule has 4 N–H and O–H groups in total. The molecule has 0 saturated heterocycles. The molecule has 2 nitrogen and oxygen atoms in total. The molecule has 1 aromatic heterocycles. The third-order valence-electron chi connectivity index (χ3n) is 1.99. The maximum atomic E-state index is 2.26. The van der Waals surface area contributed by atoms with Crippen molar-refractivity contribution in [2.24, 2.45) is 0 Å². The molecule has 1 aromatic rings. The van der Waals surface area contributed by atoms with Gasteiger partial charge in [-0.15, -0.1) is 11.3 Å². The van der Waals surface area contributed by atoms with Crippen molar-refractivity contribution in [1.29, 1.82) is 0 Å². The molecule has 0 aliphatic heterocycles. The third-order valence-corrected chi connectivity index (χ3v) is 3.02. The Balaban J connectivity index is -0.0000000960. The van der Waals surface area contributed by atoms with E-state index in [1.165, 1.54) is 17.7 Å². The van der Waals surface area contributed by atoms with Crippen LogP contribution < -0.4 is 24.8 Å². The minimum absolute atomic E-state index is 0. The Hall–Kier alpha value is 0.914. The minimum Gasteiger partial charge on any atom is -1.00 e. The van der Waals surface area contributed by atoms with Gasteiger partial charge in [-0.1, -0.05) is 12.0 Å². The van der Waals surface area contributed by atoms with Crippen LogP contribution in [-0.2, 0) is 21.7 Å². The fourth-order valence-corrected chi connectivity index (χ4v) is 2.28. The minimum atomic E-state index is 0. The van der Waals surface area contributed by atoms with Gasteiger partial charge in [0.1, 0.15) is 0 Å². The summed E-state index contributed by atoms with van der Waals surface area (Å²) in [5, 5.41) is 2.16. The van der Waals surface area contributed by atoms with Crippen LogP contribution in [0.25, 0.3) is 0 Å². The first-order valence-corrected chi connectivity index (χ1v) is 5.35. The van der Waals surface area contributed by atoms with Gasteiger partial charge in [0.05, 0.1) is 0 Å². The van der Waals surface area contributed by atoms with Crippen molar-refractivity contribution in [2.75, 3.05) is 0 Å². The molecule has 0 aliphatic rings. The Morgan fingerprint density at radius 3 is 1.88 bits per heavy atom. The van der Waals surface area contributed by atoms with Gasteiger partial charge >= 0.3 is 21.7 Å². The maximum Gasteiger partial charge on any atom is 4.00 e. The van der Waals surface area contributed by atoms with Gasteiger partial charge in [0.2, 0.25) is 0 Å². The normalized spacial score (nSPS) is 7.71. The second kappa shape index (κ2) is 19.3. The fraction of sp³-hybridized carbons (Fsp3) is 0.455. The molecule has 0 spiro atoms. The van der Waals surface area contributed by atoms with Crippen LogP contribution in [0.5, 0.6) is 0 Å². The summed E-state index contributed by atoms with van der Waals surface area (Å²) in [5.41, 5.74) is 0. The summed E-state index contributed by atoms with van der Waals surface area (Å²) < 4.78 is 0. The van der Waals surface area contributed by atoms with Crippen LogP contribution in [-0.4, -0.2) is 11.0 Å². The average Bonchev–Trinajstić information content (AvgIpc) is 2.56. The molecular formula is C11H20Cl2O2STi. The van der Waals surface area contributed by atoms with E-state index in [1.54, 1.807) is 0 Å². The molecule has 17 heavy (non-hydrogen) atoms. The Morgan fingerprint density at radius 2 is 1.59 bits per heavy atom. The summed E-state index contributed by atoms with van der Waals surface area (Å²) in [6.45, 7) is 4.27. The predicted molar refractivity (Wildman–Crippen MR) is 63.5 cm³/mol. The standard InChI is InChI=1S/C11H16S.2ClH.2H2O.Ti/c1-3-6-10(7-4-2)11-8-5-9-12-11;;;;;/h3-5,8-10H,6-7H2,1-2H3;2*1H;2*1H2;/q-2;;;;;+4/p-2. The molecule has 1 rings (SSSR count). The molecule has 0 saturated carbocycles. The fourth-order valence-electron chi connectivity index (χ4n) is 1.42. The van der Waals surface area contributed by atoms with Crippen LogP contribution in [0.2, 0.25) is 0 Å². The summed E-state index contributed by atoms with van der Waals surface area (Å²) >= 11 is 1.87. The molecule has 1 heterocycles. The van der Waals surface area contributed by atoms with E-state index in [4.69, 9.17) is 0 Å². The zero-order chi connectivity index (χ0) is 8.81. The van der Waals surface area contributed by atoms with Crippen LogP contribution in [0, 0.1) is 12.8 Å². The van der Waals surface area contributed by atoms with Crippen LogP contribution >= 0.6 is 11.3 Å². The zero-order valence-corrected chi connectivity index (χ0v) is 13.9. The van der Waals surface area contributed by atoms with Gasteiger partial charge < -0.3 is 48.6 Å². The molecule has 0 aromatic carbocycles. The predicted octanol–water partition coefficient (Wildman–Crippen LogP) is -3.58. The molecule has 100 valence electrons. The van der Waals surface area contributed by atoms with E-state index in [-0.39, 0.29) is 57.5 Å². The molecular weight excluding hydrogens is 315 g/mol. The van der Waals surface area contributed by atoms with Gasteiger partial charge in [-0.05, 0) is 11.4 Å². The summed E-state index contributed by atoms with van der Waals surface area (Å²) in [6, 6.07) is 4.38. The van der Waals surface area contributed by atoms with Crippen molar-refractivity contribution >= 4 is 11.3 Å². The second-order valence-electron chi connectivity index (χ2n) is 3.00. The number of hydrogen-bond donors (Lipinski definition) is 0. The van der Waals surface area contributed by atoms with Crippen LogP contribution in [0.1, 0.15) is 37.5 Å². The average molecular weight is 335 g/mol. The Kier molecular flexibility index (Phi) is 34.8. The van der Waals surface area contributed by atoms with Gasteiger partial charge in [-0.2, -0.15) is 26.7 Å². The van der Waals surface area contributed by atoms with Crippen LogP contribution in [0.4, 0.5) is 0 Å². The number of halogens is 2. The van der Waals surface area contributed by atoms with Crippen molar-refractivity contribution in [3.63, 3.8) is 0 Å². The summed E-state index contributed by atoms with van der Waals surface area (Å²) in [7, 11) is 0.